The number of hydrogen-bond acceptors (Lipinski definition) is 0. The molecular formula is C14H20ClF. The van der Waals surface area contributed by atoms with Gasteiger partial charge in [0.05, 0.1) is 0 Å². The smallest absolute Gasteiger partial charge is 0.128 e. The van der Waals surface area contributed by atoms with E-state index in [2.05, 4.69) is 20.8 Å². The summed E-state index contributed by atoms with van der Waals surface area (Å²) in [5, 5.41) is 0.512. The first-order valence-electron chi connectivity index (χ1n) is 5.53. The highest BCUT2D eigenvalue weighted by atomic mass is 35.5. The Morgan fingerprint density at radius 1 is 0.875 bits per heavy atom. The standard InChI is InChI=1S/C14H20ClF/c1-13(2,3)9-7-10(14(4,5)6)12(16)8-11(9)15/h7-8H,1-6H3. The van der Waals surface area contributed by atoms with Crippen LogP contribution in [0.5, 0.6) is 0 Å². The van der Waals surface area contributed by atoms with Crippen molar-refractivity contribution >= 4 is 11.6 Å². The third kappa shape index (κ3) is 2.76. The first kappa shape index (κ1) is 13.5. The summed E-state index contributed by atoms with van der Waals surface area (Å²) < 4.78 is 13.8. The summed E-state index contributed by atoms with van der Waals surface area (Å²) >= 11 is 6.10. The van der Waals surface area contributed by atoms with Gasteiger partial charge < -0.3 is 0 Å². The molecule has 0 aliphatic heterocycles. The summed E-state index contributed by atoms with van der Waals surface area (Å²) in [7, 11) is 0. The van der Waals surface area contributed by atoms with E-state index in [4.69, 9.17) is 11.6 Å². The van der Waals surface area contributed by atoms with Gasteiger partial charge in [0.2, 0.25) is 0 Å². The van der Waals surface area contributed by atoms with Crippen molar-refractivity contribution in [2.75, 3.05) is 0 Å². The molecule has 0 aliphatic rings. The molecule has 0 saturated carbocycles. The lowest BCUT2D eigenvalue weighted by molar-refractivity contribution is 0.515. The molecule has 0 N–H and O–H groups in total. The summed E-state index contributed by atoms with van der Waals surface area (Å²) in [5.41, 5.74) is 1.46. The molecule has 0 aromatic heterocycles. The highest BCUT2D eigenvalue weighted by Crippen LogP contribution is 2.35. The Balaban J connectivity index is 3.45. The van der Waals surface area contributed by atoms with Gasteiger partial charge in [0, 0.05) is 5.02 Å². The van der Waals surface area contributed by atoms with Gasteiger partial charge in [-0.2, -0.15) is 0 Å². The van der Waals surface area contributed by atoms with Crippen LogP contribution in [-0.4, -0.2) is 0 Å². The molecule has 0 heterocycles. The zero-order valence-corrected chi connectivity index (χ0v) is 11.7. The Morgan fingerprint density at radius 2 is 1.31 bits per heavy atom. The van der Waals surface area contributed by atoms with Gasteiger partial charge in [0.15, 0.2) is 0 Å². The van der Waals surface area contributed by atoms with Gasteiger partial charge in [-0.15, -0.1) is 0 Å². The normalized spacial score (nSPS) is 13.0. The van der Waals surface area contributed by atoms with Crippen LogP contribution < -0.4 is 0 Å². The molecule has 1 aromatic rings. The molecule has 0 aliphatic carbocycles. The number of hydrogen-bond donors (Lipinski definition) is 0. The lowest BCUT2D eigenvalue weighted by Gasteiger charge is -2.26. The fourth-order valence-corrected chi connectivity index (χ4v) is 2.13. The number of halogens is 2. The fourth-order valence-electron chi connectivity index (χ4n) is 1.70. The van der Waals surface area contributed by atoms with Crippen LogP contribution in [0.25, 0.3) is 0 Å². The molecule has 0 bridgehead atoms. The summed E-state index contributed by atoms with van der Waals surface area (Å²) in [6.07, 6.45) is 0. The summed E-state index contributed by atoms with van der Waals surface area (Å²) in [4.78, 5) is 0. The molecule has 0 atom stereocenters. The fraction of sp³-hybridized carbons (Fsp3) is 0.571. The third-order valence-electron chi connectivity index (χ3n) is 2.67. The SMILES string of the molecule is CC(C)(C)c1cc(C(C)(C)C)c(Cl)cc1F. The maximum Gasteiger partial charge on any atom is 0.128 e. The van der Waals surface area contributed by atoms with E-state index in [1.165, 1.54) is 6.07 Å². The zero-order valence-electron chi connectivity index (χ0n) is 10.9. The lowest BCUT2D eigenvalue weighted by atomic mass is 9.80. The Bertz CT molecular complexity index is 359. The van der Waals surface area contributed by atoms with Crippen LogP contribution in [0, 0.1) is 5.82 Å². The second-order valence-electron chi connectivity index (χ2n) is 6.31. The Morgan fingerprint density at radius 3 is 1.69 bits per heavy atom. The molecule has 16 heavy (non-hydrogen) atoms. The van der Waals surface area contributed by atoms with Gasteiger partial charge in [-0.1, -0.05) is 59.2 Å². The summed E-state index contributed by atoms with van der Waals surface area (Å²) in [6, 6.07) is 3.33. The van der Waals surface area contributed by atoms with Gasteiger partial charge in [-0.05, 0) is 28.0 Å². The Kier molecular flexibility index (Phi) is 3.40. The minimum Gasteiger partial charge on any atom is -0.207 e. The van der Waals surface area contributed by atoms with Crippen LogP contribution in [0.15, 0.2) is 12.1 Å². The lowest BCUT2D eigenvalue weighted by Crippen LogP contribution is -2.18. The van der Waals surface area contributed by atoms with E-state index in [0.29, 0.717) is 5.02 Å². The molecule has 0 nitrogen and oxygen atoms in total. The van der Waals surface area contributed by atoms with E-state index in [1.807, 2.05) is 26.8 Å². The first-order valence-corrected chi connectivity index (χ1v) is 5.91. The molecule has 1 aromatic carbocycles. The minimum absolute atomic E-state index is 0.0647. The van der Waals surface area contributed by atoms with Gasteiger partial charge in [-0.25, -0.2) is 4.39 Å². The third-order valence-corrected chi connectivity index (χ3v) is 2.99. The predicted molar refractivity (Wildman–Crippen MR) is 68.8 cm³/mol. The Hall–Kier alpha value is -0.560. The van der Waals surface area contributed by atoms with Crippen LogP contribution in [0.3, 0.4) is 0 Å². The van der Waals surface area contributed by atoms with Crippen molar-refractivity contribution in [1.29, 1.82) is 0 Å². The topological polar surface area (TPSA) is 0 Å². The van der Waals surface area contributed by atoms with Crippen LogP contribution in [0.4, 0.5) is 4.39 Å². The maximum absolute atomic E-state index is 13.8. The molecule has 0 spiro atoms. The van der Waals surface area contributed by atoms with Crippen molar-refractivity contribution in [2.45, 2.75) is 52.4 Å². The number of benzene rings is 1. The average molecular weight is 243 g/mol. The number of rotatable bonds is 0. The monoisotopic (exact) mass is 242 g/mol. The highest BCUT2D eigenvalue weighted by Gasteiger charge is 2.24. The van der Waals surface area contributed by atoms with Gasteiger partial charge in [0.1, 0.15) is 5.82 Å². The van der Waals surface area contributed by atoms with E-state index in [9.17, 15) is 4.39 Å². The van der Waals surface area contributed by atoms with Crippen molar-refractivity contribution < 1.29 is 4.39 Å². The molecular weight excluding hydrogens is 223 g/mol. The summed E-state index contributed by atoms with van der Waals surface area (Å²) in [6.45, 7) is 12.3. The molecule has 0 fully saturated rings. The van der Waals surface area contributed by atoms with Crippen LogP contribution in [0.2, 0.25) is 5.02 Å². The predicted octanol–water partition coefficient (Wildman–Crippen LogP) is 5.07. The van der Waals surface area contributed by atoms with Crippen molar-refractivity contribution in [3.05, 3.63) is 34.1 Å². The quantitative estimate of drug-likeness (QED) is 0.596. The molecule has 90 valence electrons. The summed E-state index contributed by atoms with van der Waals surface area (Å²) in [5.74, 6) is -0.217. The van der Waals surface area contributed by atoms with Crippen molar-refractivity contribution in [3.8, 4) is 0 Å². The molecule has 2 heteroatoms. The Labute approximate surface area is 103 Å². The largest absolute Gasteiger partial charge is 0.207 e. The minimum atomic E-state index is -0.217. The van der Waals surface area contributed by atoms with Crippen LogP contribution in [0.1, 0.15) is 52.7 Å². The van der Waals surface area contributed by atoms with Gasteiger partial charge in [0.25, 0.3) is 0 Å². The molecule has 0 unspecified atom stereocenters. The van der Waals surface area contributed by atoms with Crippen molar-refractivity contribution in [2.24, 2.45) is 0 Å². The van der Waals surface area contributed by atoms with Gasteiger partial charge >= 0.3 is 0 Å². The molecule has 0 saturated heterocycles. The van der Waals surface area contributed by atoms with Gasteiger partial charge in [-0.3, -0.25) is 0 Å². The van der Waals surface area contributed by atoms with Crippen LogP contribution >= 0.6 is 11.6 Å². The molecule has 1 rings (SSSR count). The molecule has 0 amide bonds. The van der Waals surface area contributed by atoms with Crippen molar-refractivity contribution in [3.63, 3.8) is 0 Å². The second-order valence-corrected chi connectivity index (χ2v) is 6.72. The van der Waals surface area contributed by atoms with E-state index in [1.54, 1.807) is 0 Å². The maximum atomic E-state index is 13.8. The zero-order chi connectivity index (χ0) is 12.7. The van der Waals surface area contributed by atoms with E-state index < -0.39 is 0 Å². The van der Waals surface area contributed by atoms with E-state index in [-0.39, 0.29) is 16.6 Å². The van der Waals surface area contributed by atoms with E-state index >= 15 is 0 Å². The average Bonchev–Trinajstić information content (AvgIpc) is 1.97. The van der Waals surface area contributed by atoms with E-state index in [0.717, 1.165) is 11.1 Å². The second kappa shape index (κ2) is 4.03. The van der Waals surface area contributed by atoms with Crippen LogP contribution in [-0.2, 0) is 10.8 Å². The highest BCUT2D eigenvalue weighted by molar-refractivity contribution is 6.31. The first-order chi connectivity index (χ1) is 7.03. The van der Waals surface area contributed by atoms with Crippen molar-refractivity contribution in [1.82, 2.24) is 0 Å². The molecule has 0 radical (unpaired) electrons.